The molecule has 0 fully saturated rings. The summed E-state index contributed by atoms with van der Waals surface area (Å²) in [5, 5.41) is 2.31. The van der Waals surface area contributed by atoms with E-state index >= 15 is 0 Å². The van der Waals surface area contributed by atoms with Crippen molar-refractivity contribution in [2.75, 3.05) is 0 Å². The maximum atomic E-state index is 13.2. The maximum Gasteiger partial charge on any atom is 0.397 e. The fraction of sp³-hybridized carbons (Fsp3) is 0.385. The normalized spacial score (nSPS) is 10.9. The zero-order valence-corrected chi connectivity index (χ0v) is 10.6. The Balaban J connectivity index is 2.52. The van der Waals surface area contributed by atoms with Crippen LogP contribution < -0.4 is 5.32 Å². The first kappa shape index (κ1) is 14.2. The third kappa shape index (κ3) is 4.53. The number of amides is 1. The number of ether oxygens (including phenoxy) is 1. The van der Waals surface area contributed by atoms with Crippen LogP contribution in [0.5, 0.6) is 0 Å². The van der Waals surface area contributed by atoms with Crippen LogP contribution in [0.25, 0.3) is 0 Å². The molecule has 0 saturated heterocycles. The van der Waals surface area contributed by atoms with Crippen LogP contribution >= 0.6 is 0 Å². The molecular weight excluding hydrogens is 237 g/mol. The maximum absolute atomic E-state index is 13.2. The summed E-state index contributed by atoms with van der Waals surface area (Å²) in [5.41, 5.74) is -0.415. The van der Waals surface area contributed by atoms with Crippen LogP contribution in [-0.2, 0) is 20.9 Å². The molecule has 1 rings (SSSR count). The van der Waals surface area contributed by atoms with Crippen molar-refractivity contribution >= 4 is 11.9 Å². The van der Waals surface area contributed by atoms with E-state index in [0.717, 1.165) is 0 Å². The van der Waals surface area contributed by atoms with Gasteiger partial charge in [0.1, 0.15) is 11.4 Å². The standard InChI is InChI=1S/C13H16FNO3/c1-13(2,3)18-12(17)11(16)15-8-9-6-4-5-7-10(9)14/h4-7H,8H2,1-3H3,(H,15,16). The lowest BCUT2D eigenvalue weighted by Crippen LogP contribution is -2.36. The van der Waals surface area contributed by atoms with Crippen molar-refractivity contribution in [2.24, 2.45) is 0 Å². The molecular formula is C13H16FNO3. The zero-order chi connectivity index (χ0) is 13.8. The number of hydrogen-bond acceptors (Lipinski definition) is 3. The van der Waals surface area contributed by atoms with Crippen LogP contribution in [-0.4, -0.2) is 17.5 Å². The second kappa shape index (κ2) is 5.62. The number of nitrogens with one attached hydrogen (secondary N) is 1. The van der Waals surface area contributed by atoms with Gasteiger partial charge in [0.25, 0.3) is 0 Å². The number of rotatable bonds is 2. The molecule has 4 nitrogen and oxygen atoms in total. The zero-order valence-electron chi connectivity index (χ0n) is 10.6. The molecule has 1 amide bonds. The number of halogens is 1. The minimum absolute atomic E-state index is 0.0508. The first-order valence-electron chi connectivity index (χ1n) is 5.54. The number of esters is 1. The Morgan fingerprint density at radius 3 is 2.44 bits per heavy atom. The van der Waals surface area contributed by atoms with E-state index in [1.807, 2.05) is 0 Å². The fourth-order valence-electron chi connectivity index (χ4n) is 1.21. The van der Waals surface area contributed by atoms with Crippen LogP contribution in [0.15, 0.2) is 24.3 Å². The van der Waals surface area contributed by atoms with Crippen molar-refractivity contribution < 1.29 is 18.7 Å². The molecule has 0 atom stereocenters. The Morgan fingerprint density at radius 1 is 1.28 bits per heavy atom. The Kier molecular flexibility index (Phi) is 4.42. The number of hydrogen-bond donors (Lipinski definition) is 1. The number of benzene rings is 1. The van der Waals surface area contributed by atoms with Gasteiger partial charge in [-0.25, -0.2) is 9.18 Å². The van der Waals surface area contributed by atoms with Gasteiger partial charge in [0.2, 0.25) is 0 Å². The summed E-state index contributed by atoms with van der Waals surface area (Å²) in [6.45, 7) is 4.93. The number of carbonyl (C=O) groups excluding carboxylic acids is 2. The van der Waals surface area contributed by atoms with Crippen molar-refractivity contribution in [1.82, 2.24) is 5.32 Å². The van der Waals surface area contributed by atoms with Crippen molar-refractivity contribution in [3.05, 3.63) is 35.6 Å². The van der Waals surface area contributed by atoms with Gasteiger partial charge in [-0.05, 0) is 26.8 Å². The minimum atomic E-state index is -0.973. The second-order valence-corrected chi connectivity index (χ2v) is 4.78. The molecule has 18 heavy (non-hydrogen) atoms. The molecule has 1 aromatic rings. The average molecular weight is 253 g/mol. The first-order valence-corrected chi connectivity index (χ1v) is 5.54. The van der Waals surface area contributed by atoms with E-state index in [1.54, 1.807) is 32.9 Å². The van der Waals surface area contributed by atoms with Gasteiger partial charge in [-0.2, -0.15) is 0 Å². The summed E-state index contributed by atoms with van der Waals surface area (Å²) < 4.78 is 18.1. The predicted molar refractivity (Wildman–Crippen MR) is 64.1 cm³/mol. The Morgan fingerprint density at radius 2 is 1.89 bits per heavy atom. The molecule has 0 spiro atoms. The molecule has 0 aliphatic rings. The lowest BCUT2D eigenvalue weighted by atomic mass is 10.2. The van der Waals surface area contributed by atoms with Crippen LogP contribution in [0.2, 0.25) is 0 Å². The summed E-state index contributed by atoms with van der Waals surface area (Å²) >= 11 is 0. The van der Waals surface area contributed by atoms with Crippen molar-refractivity contribution in [3.63, 3.8) is 0 Å². The van der Waals surface area contributed by atoms with Gasteiger partial charge >= 0.3 is 11.9 Å². The summed E-state index contributed by atoms with van der Waals surface area (Å²) in [6, 6.07) is 6.02. The lowest BCUT2D eigenvalue weighted by molar-refractivity contribution is -0.163. The van der Waals surface area contributed by atoms with Gasteiger partial charge in [0.05, 0.1) is 0 Å². The molecule has 0 unspecified atom stereocenters. The van der Waals surface area contributed by atoms with Crippen LogP contribution in [0, 0.1) is 5.82 Å². The fourth-order valence-corrected chi connectivity index (χ4v) is 1.21. The SMILES string of the molecule is CC(C)(C)OC(=O)C(=O)NCc1ccccc1F. The molecule has 1 N–H and O–H groups in total. The van der Waals surface area contributed by atoms with E-state index in [4.69, 9.17) is 4.74 Å². The van der Waals surface area contributed by atoms with Crippen molar-refractivity contribution in [1.29, 1.82) is 0 Å². The van der Waals surface area contributed by atoms with E-state index < -0.39 is 23.3 Å². The van der Waals surface area contributed by atoms with Gasteiger partial charge < -0.3 is 10.1 Å². The smallest absolute Gasteiger partial charge is 0.397 e. The molecule has 0 aliphatic heterocycles. The monoisotopic (exact) mass is 253 g/mol. The highest BCUT2D eigenvalue weighted by Crippen LogP contribution is 2.08. The van der Waals surface area contributed by atoms with E-state index in [0.29, 0.717) is 5.56 Å². The molecule has 1 aromatic carbocycles. The van der Waals surface area contributed by atoms with Gasteiger partial charge in [0.15, 0.2) is 0 Å². The molecule has 98 valence electrons. The van der Waals surface area contributed by atoms with Gasteiger partial charge in [-0.15, -0.1) is 0 Å². The van der Waals surface area contributed by atoms with E-state index in [9.17, 15) is 14.0 Å². The van der Waals surface area contributed by atoms with E-state index in [2.05, 4.69) is 5.32 Å². The summed E-state index contributed by atoms with van der Waals surface area (Å²) in [5.74, 6) is -2.28. The minimum Gasteiger partial charge on any atom is -0.453 e. The van der Waals surface area contributed by atoms with Crippen molar-refractivity contribution in [2.45, 2.75) is 32.9 Å². The highest BCUT2D eigenvalue weighted by atomic mass is 19.1. The summed E-state index contributed by atoms with van der Waals surface area (Å²) in [7, 11) is 0. The van der Waals surface area contributed by atoms with E-state index in [-0.39, 0.29) is 6.54 Å². The molecule has 0 heterocycles. The molecule has 5 heteroatoms. The third-order valence-corrected chi connectivity index (χ3v) is 1.98. The van der Waals surface area contributed by atoms with Crippen LogP contribution in [0.3, 0.4) is 0 Å². The van der Waals surface area contributed by atoms with Gasteiger partial charge in [-0.1, -0.05) is 18.2 Å². The topological polar surface area (TPSA) is 55.4 Å². The Labute approximate surface area is 105 Å². The number of carbonyl (C=O) groups is 2. The van der Waals surface area contributed by atoms with Crippen LogP contribution in [0.1, 0.15) is 26.3 Å². The Bertz CT molecular complexity index is 452. The van der Waals surface area contributed by atoms with Crippen LogP contribution in [0.4, 0.5) is 4.39 Å². The highest BCUT2D eigenvalue weighted by Gasteiger charge is 2.22. The molecule has 0 aliphatic carbocycles. The summed E-state index contributed by atoms with van der Waals surface area (Å²) in [4.78, 5) is 22.7. The molecule has 0 bridgehead atoms. The first-order chi connectivity index (χ1) is 8.29. The van der Waals surface area contributed by atoms with E-state index in [1.165, 1.54) is 12.1 Å². The summed E-state index contributed by atoms with van der Waals surface area (Å²) in [6.07, 6.45) is 0. The molecule has 0 radical (unpaired) electrons. The predicted octanol–water partition coefficient (Wildman–Crippen LogP) is 1.78. The molecule has 0 aromatic heterocycles. The highest BCUT2D eigenvalue weighted by molar-refractivity contribution is 6.32. The third-order valence-electron chi connectivity index (χ3n) is 1.98. The molecule has 0 saturated carbocycles. The quantitative estimate of drug-likeness (QED) is 0.645. The van der Waals surface area contributed by atoms with Crippen molar-refractivity contribution in [3.8, 4) is 0 Å². The lowest BCUT2D eigenvalue weighted by Gasteiger charge is -2.18. The average Bonchev–Trinajstić information content (AvgIpc) is 2.25. The largest absolute Gasteiger partial charge is 0.453 e. The second-order valence-electron chi connectivity index (χ2n) is 4.78. The Hall–Kier alpha value is -1.91. The van der Waals surface area contributed by atoms with Gasteiger partial charge in [-0.3, -0.25) is 4.79 Å². The van der Waals surface area contributed by atoms with Gasteiger partial charge in [0, 0.05) is 12.1 Å².